The molecule has 0 unspecified atom stereocenters. The first-order valence-electron chi connectivity index (χ1n) is 4.96. The van der Waals surface area contributed by atoms with Crippen molar-refractivity contribution in [2.24, 2.45) is 0 Å². The normalized spacial score (nSPS) is 18.6. The molecule has 0 amide bonds. The highest BCUT2D eigenvalue weighted by molar-refractivity contribution is 5.81. The number of rotatable bonds is 4. The number of carbonyl (C=O) groups excluding carboxylic acids is 1. The summed E-state index contributed by atoms with van der Waals surface area (Å²) >= 11 is 0. The molecule has 0 aromatic carbocycles. The number of morpholine rings is 1. The van der Waals surface area contributed by atoms with Crippen LogP contribution < -0.4 is 0 Å². The molecule has 0 saturated carbocycles. The highest BCUT2D eigenvalue weighted by atomic mass is 16.5. The zero-order valence-electron chi connectivity index (χ0n) is 8.57. The van der Waals surface area contributed by atoms with Gasteiger partial charge in [0.1, 0.15) is 0 Å². The summed E-state index contributed by atoms with van der Waals surface area (Å²) in [4.78, 5) is 13.2. The third-order valence-electron chi connectivity index (χ3n) is 2.01. The summed E-state index contributed by atoms with van der Waals surface area (Å²) in [6, 6.07) is 0. The predicted octanol–water partition coefficient (Wildman–Crippen LogP) is 0.438. The summed E-state index contributed by atoms with van der Waals surface area (Å²) in [5, 5.41) is 0. The van der Waals surface area contributed by atoms with Gasteiger partial charge in [-0.3, -0.25) is 4.90 Å². The van der Waals surface area contributed by atoms with E-state index in [2.05, 4.69) is 4.90 Å². The number of ether oxygens (including phenoxy) is 2. The summed E-state index contributed by atoms with van der Waals surface area (Å²) in [7, 11) is 0. The van der Waals surface area contributed by atoms with Crippen LogP contribution in [0.25, 0.3) is 0 Å². The first kappa shape index (κ1) is 11.2. The zero-order chi connectivity index (χ0) is 10.2. The molecule has 0 radical (unpaired) electrons. The van der Waals surface area contributed by atoms with Gasteiger partial charge in [0.05, 0.1) is 19.8 Å². The van der Waals surface area contributed by atoms with Gasteiger partial charge in [-0.2, -0.15) is 0 Å². The Labute approximate surface area is 84.5 Å². The number of nitrogens with zero attached hydrogens (tertiary/aromatic N) is 1. The van der Waals surface area contributed by atoms with Crippen LogP contribution in [0.3, 0.4) is 0 Å². The standard InChI is InChI=1S/C10H17NO3/c1-2-14-10(12)4-3-5-11-6-8-13-9-7-11/h3-4H,2,5-9H2,1H3/b4-3+. The summed E-state index contributed by atoms with van der Waals surface area (Å²) < 4.78 is 9.97. The van der Waals surface area contributed by atoms with E-state index in [1.54, 1.807) is 6.92 Å². The lowest BCUT2D eigenvalue weighted by Crippen LogP contribution is -2.36. The van der Waals surface area contributed by atoms with E-state index >= 15 is 0 Å². The molecular formula is C10H17NO3. The van der Waals surface area contributed by atoms with Crippen molar-refractivity contribution in [2.75, 3.05) is 39.5 Å². The molecule has 0 bridgehead atoms. The smallest absolute Gasteiger partial charge is 0.330 e. The molecule has 4 nitrogen and oxygen atoms in total. The molecule has 0 aliphatic carbocycles. The Bertz CT molecular complexity index is 198. The van der Waals surface area contributed by atoms with Crippen molar-refractivity contribution in [3.05, 3.63) is 12.2 Å². The zero-order valence-corrected chi connectivity index (χ0v) is 8.57. The van der Waals surface area contributed by atoms with Crippen LogP contribution in [-0.2, 0) is 14.3 Å². The van der Waals surface area contributed by atoms with Crippen molar-refractivity contribution in [1.29, 1.82) is 0 Å². The fraction of sp³-hybridized carbons (Fsp3) is 0.700. The van der Waals surface area contributed by atoms with Crippen LogP contribution >= 0.6 is 0 Å². The fourth-order valence-electron chi connectivity index (χ4n) is 1.27. The van der Waals surface area contributed by atoms with Gasteiger partial charge in [-0.1, -0.05) is 6.08 Å². The van der Waals surface area contributed by atoms with E-state index in [4.69, 9.17) is 9.47 Å². The van der Waals surface area contributed by atoms with Gasteiger partial charge in [-0.25, -0.2) is 4.79 Å². The van der Waals surface area contributed by atoms with Crippen LogP contribution in [0.15, 0.2) is 12.2 Å². The van der Waals surface area contributed by atoms with Crippen molar-refractivity contribution >= 4 is 5.97 Å². The molecule has 1 heterocycles. The summed E-state index contributed by atoms with van der Waals surface area (Å²) in [5.41, 5.74) is 0. The van der Waals surface area contributed by atoms with Crippen molar-refractivity contribution in [3.63, 3.8) is 0 Å². The number of hydrogen-bond acceptors (Lipinski definition) is 4. The Kier molecular flexibility index (Phi) is 5.25. The molecular weight excluding hydrogens is 182 g/mol. The molecule has 1 rings (SSSR count). The number of hydrogen-bond donors (Lipinski definition) is 0. The molecule has 14 heavy (non-hydrogen) atoms. The van der Waals surface area contributed by atoms with Crippen LogP contribution in [0.2, 0.25) is 0 Å². The second kappa shape index (κ2) is 6.56. The Morgan fingerprint density at radius 2 is 2.21 bits per heavy atom. The minimum absolute atomic E-state index is 0.263. The van der Waals surface area contributed by atoms with E-state index in [1.165, 1.54) is 6.08 Å². The lowest BCUT2D eigenvalue weighted by Gasteiger charge is -2.24. The van der Waals surface area contributed by atoms with Gasteiger partial charge in [0.15, 0.2) is 0 Å². The van der Waals surface area contributed by atoms with Gasteiger partial charge >= 0.3 is 5.97 Å². The largest absolute Gasteiger partial charge is 0.463 e. The van der Waals surface area contributed by atoms with E-state index in [9.17, 15) is 4.79 Å². The molecule has 80 valence electrons. The molecule has 4 heteroatoms. The summed E-state index contributed by atoms with van der Waals surface area (Å²) in [6.07, 6.45) is 3.32. The first-order chi connectivity index (χ1) is 6.83. The second-order valence-electron chi connectivity index (χ2n) is 3.07. The van der Waals surface area contributed by atoms with E-state index in [-0.39, 0.29) is 5.97 Å². The van der Waals surface area contributed by atoms with Crippen molar-refractivity contribution in [3.8, 4) is 0 Å². The van der Waals surface area contributed by atoms with E-state index < -0.39 is 0 Å². The third-order valence-corrected chi connectivity index (χ3v) is 2.01. The minimum atomic E-state index is -0.263. The summed E-state index contributed by atoms with van der Waals surface area (Å²) in [5.74, 6) is -0.263. The van der Waals surface area contributed by atoms with Gasteiger partial charge in [-0.05, 0) is 6.92 Å². The number of esters is 1. The molecule has 0 atom stereocenters. The SMILES string of the molecule is CCOC(=O)/C=C/CN1CCOCC1. The first-order valence-corrected chi connectivity index (χ1v) is 4.96. The van der Waals surface area contributed by atoms with Crippen molar-refractivity contribution < 1.29 is 14.3 Å². The topological polar surface area (TPSA) is 38.8 Å². The Hall–Kier alpha value is -0.870. The Morgan fingerprint density at radius 1 is 1.50 bits per heavy atom. The maximum Gasteiger partial charge on any atom is 0.330 e. The summed E-state index contributed by atoms with van der Waals surface area (Å²) in [6.45, 7) is 6.47. The van der Waals surface area contributed by atoms with E-state index in [0.717, 1.165) is 32.8 Å². The fourth-order valence-corrected chi connectivity index (χ4v) is 1.27. The lowest BCUT2D eigenvalue weighted by atomic mass is 10.4. The van der Waals surface area contributed by atoms with Crippen LogP contribution in [0, 0.1) is 0 Å². The van der Waals surface area contributed by atoms with Gasteiger partial charge in [-0.15, -0.1) is 0 Å². The molecule has 0 aromatic rings. The van der Waals surface area contributed by atoms with Crippen LogP contribution in [-0.4, -0.2) is 50.3 Å². The minimum Gasteiger partial charge on any atom is -0.463 e. The molecule has 1 aliphatic heterocycles. The average molecular weight is 199 g/mol. The Morgan fingerprint density at radius 3 is 2.86 bits per heavy atom. The van der Waals surface area contributed by atoms with Crippen molar-refractivity contribution in [1.82, 2.24) is 4.90 Å². The third kappa shape index (κ3) is 4.39. The average Bonchev–Trinajstić information content (AvgIpc) is 2.20. The highest BCUT2D eigenvalue weighted by Crippen LogP contribution is 1.96. The van der Waals surface area contributed by atoms with Crippen LogP contribution in [0.4, 0.5) is 0 Å². The second-order valence-corrected chi connectivity index (χ2v) is 3.07. The van der Waals surface area contributed by atoms with Gasteiger partial charge < -0.3 is 9.47 Å². The maximum absolute atomic E-state index is 10.9. The van der Waals surface area contributed by atoms with Crippen LogP contribution in [0.5, 0.6) is 0 Å². The van der Waals surface area contributed by atoms with E-state index in [0.29, 0.717) is 6.61 Å². The molecule has 1 fully saturated rings. The quantitative estimate of drug-likeness (QED) is 0.486. The molecule has 1 saturated heterocycles. The van der Waals surface area contributed by atoms with Crippen LogP contribution in [0.1, 0.15) is 6.92 Å². The van der Waals surface area contributed by atoms with Gasteiger partial charge in [0, 0.05) is 25.7 Å². The predicted molar refractivity (Wildman–Crippen MR) is 53.0 cm³/mol. The van der Waals surface area contributed by atoms with Crippen molar-refractivity contribution in [2.45, 2.75) is 6.92 Å². The molecule has 0 N–H and O–H groups in total. The van der Waals surface area contributed by atoms with Gasteiger partial charge in [0.25, 0.3) is 0 Å². The molecule has 1 aliphatic rings. The number of carbonyl (C=O) groups is 1. The monoisotopic (exact) mass is 199 g/mol. The Balaban J connectivity index is 2.14. The van der Waals surface area contributed by atoms with Gasteiger partial charge in [0.2, 0.25) is 0 Å². The maximum atomic E-state index is 10.9. The highest BCUT2D eigenvalue weighted by Gasteiger charge is 2.07. The lowest BCUT2D eigenvalue weighted by molar-refractivity contribution is -0.137. The molecule has 0 spiro atoms. The van der Waals surface area contributed by atoms with E-state index in [1.807, 2.05) is 6.08 Å². The molecule has 0 aromatic heterocycles.